The van der Waals surface area contributed by atoms with Crippen LogP contribution in [0.15, 0.2) is 71.6 Å². The van der Waals surface area contributed by atoms with E-state index >= 15 is 0 Å². The number of hydrogen-bond donors (Lipinski definition) is 1. The van der Waals surface area contributed by atoms with E-state index in [1.807, 2.05) is 78.6 Å². The molecule has 1 heterocycles. The number of thiol groups is 1. The summed E-state index contributed by atoms with van der Waals surface area (Å²) in [6, 6.07) is 21.2. The Bertz CT molecular complexity index is 1000. The molecule has 1 unspecified atom stereocenters. The van der Waals surface area contributed by atoms with Gasteiger partial charge in [-0.2, -0.15) is 0 Å². The lowest BCUT2D eigenvalue weighted by Crippen LogP contribution is -2.24. The maximum atomic E-state index is 12.7. The van der Waals surface area contributed by atoms with E-state index in [-0.39, 0.29) is 11.8 Å². The lowest BCUT2D eigenvalue weighted by molar-refractivity contribution is -0.117. The number of amides is 1. The number of benzene rings is 3. The summed E-state index contributed by atoms with van der Waals surface area (Å²) < 4.78 is 6.13. The number of nitrogens with zero attached hydrogens (tertiary/aromatic N) is 1. The molecule has 0 radical (unpaired) electrons. The van der Waals surface area contributed by atoms with Gasteiger partial charge < -0.3 is 9.64 Å². The second-order valence-corrected chi connectivity index (χ2v) is 7.97. The first-order valence-electron chi connectivity index (χ1n) is 9.13. The van der Waals surface area contributed by atoms with Crippen molar-refractivity contribution in [2.24, 2.45) is 0 Å². The fourth-order valence-electron chi connectivity index (χ4n) is 3.47. The van der Waals surface area contributed by atoms with Gasteiger partial charge in [0.2, 0.25) is 5.91 Å². The van der Waals surface area contributed by atoms with E-state index < -0.39 is 0 Å². The van der Waals surface area contributed by atoms with Crippen LogP contribution >= 0.6 is 24.2 Å². The molecule has 1 atom stereocenters. The molecule has 3 aromatic carbocycles. The molecule has 1 saturated heterocycles. The first kappa shape index (κ1) is 18.9. The summed E-state index contributed by atoms with van der Waals surface area (Å²) in [6.45, 7) is 2.64. The van der Waals surface area contributed by atoms with Gasteiger partial charge in [0.25, 0.3) is 0 Å². The number of rotatable bonds is 4. The van der Waals surface area contributed by atoms with Crippen molar-refractivity contribution in [3.63, 3.8) is 0 Å². The summed E-state index contributed by atoms with van der Waals surface area (Å²) in [6.07, 6.45) is 0.439. The predicted molar refractivity (Wildman–Crippen MR) is 116 cm³/mol. The standard InChI is InChI=1S/C23H20ClNO2S/c1-15-2-7-19(8-3-15)27-22-13-17(24)4-11-21(22)16-12-23(26)25(14-16)18-5-9-20(28)10-6-18/h2-11,13,16,28H,12,14H2,1H3. The molecular weight excluding hydrogens is 390 g/mol. The normalized spacial score (nSPS) is 16.5. The molecule has 142 valence electrons. The number of aryl methyl sites for hydroxylation is 1. The van der Waals surface area contributed by atoms with Crippen molar-refractivity contribution in [2.45, 2.75) is 24.2 Å². The Kier molecular flexibility index (Phi) is 5.33. The second kappa shape index (κ2) is 7.90. The molecule has 1 fully saturated rings. The summed E-state index contributed by atoms with van der Waals surface area (Å²) in [5.74, 6) is 1.59. The van der Waals surface area contributed by atoms with E-state index in [1.54, 1.807) is 0 Å². The molecule has 0 spiro atoms. The molecule has 3 aromatic rings. The Morgan fingerprint density at radius 3 is 2.46 bits per heavy atom. The number of hydrogen-bond acceptors (Lipinski definition) is 3. The van der Waals surface area contributed by atoms with E-state index in [2.05, 4.69) is 12.6 Å². The number of anilines is 1. The van der Waals surface area contributed by atoms with Gasteiger partial charge in [0.1, 0.15) is 11.5 Å². The molecule has 0 N–H and O–H groups in total. The molecule has 4 rings (SSSR count). The van der Waals surface area contributed by atoms with E-state index in [0.29, 0.717) is 23.7 Å². The molecule has 1 amide bonds. The van der Waals surface area contributed by atoms with Crippen LogP contribution < -0.4 is 9.64 Å². The molecule has 0 aromatic heterocycles. The van der Waals surface area contributed by atoms with E-state index in [4.69, 9.17) is 16.3 Å². The minimum Gasteiger partial charge on any atom is -0.457 e. The Morgan fingerprint density at radius 1 is 1.04 bits per heavy atom. The summed E-state index contributed by atoms with van der Waals surface area (Å²) in [4.78, 5) is 15.4. The quantitative estimate of drug-likeness (QED) is 0.516. The van der Waals surface area contributed by atoms with Crippen LogP contribution in [-0.2, 0) is 4.79 Å². The lowest BCUT2D eigenvalue weighted by atomic mass is 9.97. The summed E-state index contributed by atoms with van der Waals surface area (Å²) in [5, 5.41) is 0.608. The molecule has 1 aliphatic heterocycles. The zero-order valence-electron chi connectivity index (χ0n) is 15.4. The number of halogens is 1. The fraction of sp³-hybridized carbons (Fsp3) is 0.174. The Balaban J connectivity index is 1.61. The smallest absolute Gasteiger partial charge is 0.227 e. The van der Waals surface area contributed by atoms with Gasteiger partial charge in [-0.25, -0.2) is 0 Å². The second-order valence-electron chi connectivity index (χ2n) is 7.02. The third kappa shape index (κ3) is 4.03. The van der Waals surface area contributed by atoms with Crippen molar-refractivity contribution in [3.8, 4) is 11.5 Å². The van der Waals surface area contributed by atoms with Gasteiger partial charge in [0.05, 0.1) is 0 Å². The van der Waals surface area contributed by atoms with E-state index in [1.165, 1.54) is 5.56 Å². The number of carbonyl (C=O) groups excluding carboxylic acids is 1. The Labute approximate surface area is 175 Å². The van der Waals surface area contributed by atoms with Crippen molar-refractivity contribution in [3.05, 3.63) is 82.9 Å². The largest absolute Gasteiger partial charge is 0.457 e. The third-order valence-corrected chi connectivity index (χ3v) is 5.48. The van der Waals surface area contributed by atoms with Crippen LogP contribution in [0.25, 0.3) is 0 Å². The van der Waals surface area contributed by atoms with Crippen molar-refractivity contribution in [1.82, 2.24) is 0 Å². The topological polar surface area (TPSA) is 29.5 Å². The SMILES string of the molecule is Cc1ccc(Oc2cc(Cl)ccc2C2CC(=O)N(c3ccc(S)cc3)C2)cc1. The lowest BCUT2D eigenvalue weighted by Gasteiger charge is -2.19. The molecule has 0 bridgehead atoms. The van der Waals surface area contributed by atoms with Crippen LogP contribution in [0, 0.1) is 6.92 Å². The van der Waals surface area contributed by atoms with Gasteiger partial charge >= 0.3 is 0 Å². The highest BCUT2D eigenvalue weighted by atomic mass is 35.5. The number of ether oxygens (including phenoxy) is 1. The van der Waals surface area contributed by atoms with Crippen molar-refractivity contribution in [2.75, 3.05) is 11.4 Å². The average Bonchev–Trinajstić information content (AvgIpc) is 3.06. The minimum absolute atomic E-state index is 0.0425. The summed E-state index contributed by atoms with van der Waals surface area (Å²) >= 11 is 10.5. The Morgan fingerprint density at radius 2 is 1.75 bits per heavy atom. The summed E-state index contributed by atoms with van der Waals surface area (Å²) in [7, 11) is 0. The highest BCUT2D eigenvalue weighted by Crippen LogP contribution is 2.39. The van der Waals surface area contributed by atoms with Crippen LogP contribution in [0.4, 0.5) is 5.69 Å². The average molecular weight is 410 g/mol. The molecule has 3 nitrogen and oxygen atoms in total. The maximum absolute atomic E-state index is 12.7. The number of carbonyl (C=O) groups is 1. The highest BCUT2D eigenvalue weighted by molar-refractivity contribution is 7.80. The maximum Gasteiger partial charge on any atom is 0.227 e. The molecule has 0 aliphatic carbocycles. The van der Waals surface area contributed by atoms with Gasteiger partial charge in [-0.15, -0.1) is 12.6 Å². The zero-order chi connectivity index (χ0) is 19.7. The van der Waals surface area contributed by atoms with Crippen LogP contribution in [0.3, 0.4) is 0 Å². The van der Waals surface area contributed by atoms with E-state index in [9.17, 15) is 4.79 Å². The van der Waals surface area contributed by atoms with Crippen LogP contribution in [0.2, 0.25) is 5.02 Å². The van der Waals surface area contributed by atoms with Gasteiger partial charge in [0, 0.05) is 40.1 Å². The predicted octanol–water partition coefficient (Wildman–Crippen LogP) is 6.25. The zero-order valence-corrected chi connectivity index (χ0v) is 17.1. The molecule has 0 saturated carbocycles. The van der Waals surface area contributed by atoms with Crippen molar-refractivity contribution >= 4 is 35.8 Å². The van der Waals surface area contributed by atoms with Gasteiger partial charge in [-0.3, -0.25) is 4.79 Å². The Hall–Kier alpha value is -2.43. The highest BCUT2D eigenvalue weighted by Gasteiger charge is 2.33. The molecular formula is C23H20ClNO2S. The van der Waals surface area contributed by atoms with Crippen molar-refractivity contribution < 1.29 is 9.53 Å². The molecule has 5 heteroatoms. The summed E-state index contributed by atoms with van der Waals surface area (Å²) in [5.41, 5.74) is 3.05. The van der Waals surface area contributed by atoms with Crippen molar-refractivity contribution in [1.29, 1.82) is 0 Å². The first-order chi connectivity index (χ1) is 13.5. The minimum atomic E-state index is 0.0425. The van der Waals surface area contributed by atoms with Gasteiger partial charge in [0.15, 0.2) is 0 Å². The monoisotopic (exact) mass is 409 g/mol. The van der Waals surface area contributed by atoms with Gasteiger partial charge in [-0.1, -0.05) is 35.4 Å². The van der Waals surface area contributed by atoms with Crippen LogP contribution in [-0.4, -0.2) is 12.5 Å². The van der Waals surface area contributed by atoms with E-state index in [0.717, 1.165) is 21.9 Å². The van der Waals surface area contributed by atoms with Crippen LogP contribution in [0.1, 0.15) is 23.5 Å². The molecule has 28 heavy (non-hydrogen) atoms. The molecule has 1 aliphatic rings. The third-order valence-electron chi connectivity index (χ3n) is 4.95. The van der Waals surface area contributed by atoms with Gasteiger partial charge in [-0.05, 0) is 55.5 Å². The first-order valence-corrected chi connectivity index (χ1v) is 9.95. The van der Waals surface area contributed by atoms with Crippen LogP contribution in [0.5, 0.6) is 11.5 Å². The fourth-order valence-corrected chi connectivity index (χ4v) is 3.78.